The minimum atomic E-state index is 0.120. The first-order valence-corrected chi connectivity index (χ1v) is 6.87. The number of carbonyl (C=O) groups excluding carboxylic acids is 1. The molecule has 2 rings (SSSR count). The van der Waals surface area contributed by atoms with Crippen molar-refractivity contribution in [2.75, 3.05) is 31.6 Å². The minimum Gasteiger partial charge on any atom is -0.360 e. The Bertz CT molecular complexity index is 438. The van der Waals surface area contributed by atoms with E-state index in [-0.39, 0.29) is 11.9 Å². The number of carbonyl (C=O) groups is 1. The van der Waals surface area contributed by atoms with Gasteiger partial charge in [-0.15, -0.1) is 0 Å². The Kier molecular flexibility index (Phi) is 4.43. The van der Waals surface area contributed by atoms with Gasteiger partial charge in [0.1, 0.15) is 0 Å². The van der Waals surface area contributed by atoms with Crippen molar-refractivity contribution in [2.24, 2.45) is 0 Å². The van der Waals surface area contributed by atoms with E-state index in [0.29, 0.717) is 6.54 Å². The molecule has 4 nitrogen and oxygen atoms in total. The molecular formula is C15H23N3O. The lowest BCUT2D eigenvalue weighted by atomic mass is 10.0. The smallest absolute Gasteiger partial charge is 0.239 e. The van der Waals surface area contributed by atoms with Gasteiger partial charge in [0, 0.05) is 18.3 Å². The van der Waals surface area contributed by atoms with Crippen LogP contribution in [0.4, 0.5) is 5.69 Å². The van der Waals surface area contributed by atoms with Crippen LogP contribution < -0.4 is 15.5 Å². The summed E-state index contributed by atoms with van der Waals surface area (Å²) < 4.78 is 0. The Morgan fingerprint density at radius 1 is 1.37 bits per heavy atom. The van der Waals surface area contributed by atoms with E-state index in [1.165, 1.54) is 16.8 Å². The number of nitrogens with one attached hydrogen (secondary N) is 2. The van der Waals surface area contributed by atoms with Gasteiger partial charge in [-0.05, 0) is 45.0 Å². The van der Waals surface area contributed by atoms with Gasteiger partial charge in [0.2, 0.25) is 5.91 Å². The van der Waals surface area contributed by atoms with E-state index in [2.05, 4.69) is 47.6 Å². The largest absolute Gasteiger partial charge is 0.360 e. The minimum absolute atomic E-state index is 0.120. The highest BCUT2D eigenvalue weighted by Gasteiger charge is 2.25. The van der Waals surface area contributed by atoms with Crippen molar-refractivity contribution >= 4 is 11.6 Å². The fourth-order valence-corrected chi connectivity index (χ4v) is 2.78. The lowest BCUT2D eigenvalue weighted by Gasteiger charge is -2.36. The molecule has 1 atom stereocenters. The molecule has 19 heavy (non-hydrogen) atoms. The van der Waals surface area contributed by atoms with Crippen LogP contribution in [0, 0.1) is 13.8 Å². The number of aryl methyl sites for hydroxylation is 2. The monoisotopic (exact) mass is 261 g/mol. The second-order valence-corrected chi connectivity index (χ2v) is 5.28. The molecule has 4 heteroatoms. The SMILES string of the molecule is CNCCC1CN(c2c(C)cccc2C)CC(=O)N1. The van der Waals surface area contributed by atoms with E-state index < -0.39 is 0 Å². The van der Waals surface area contributed by atoms with E-state index in [1.807, 2.05) is 7.05 Å². The zero-order valence-electron chi connectivity index (χ0n) is 12.0. The fraction of sp³-hybridized carbons (Fsp3) is 0.533. The molecule has 1 saturated heterocycles. The Morgan fingerprint density at radius 2 is 2.05 bits per heavy atom. The normalized spacial score (nSPS) is 19.4. The zero-order chi connectivity index (χ0) is 13.8. The Balaban J connectivity index is 2.17. The van der Waals surface area contributed by atoms with Crippen LogP contribution in [0.2, 0.25) is 0 Å². The second kappa shape index (κ2) is 6.06. The number of benzene rings is 1. The molecule has 1 aliphatic heterocycles. The molecule has 1 aromatic rings. The first kappa shape index (κ1) is 13.9. The molecule has 2 N–H and O–H groups in total. The van der Waals surface area contributed by atoms with Gasteiger partial charge in [0.05, 0.1) is 6.54 Å². The van der Waals surface area contributed by atoms with Crippen LogP contribution in [-0.4, -0.2) is 38.6 Å². The number of para-hydroxylation sites is 1. The molecule has 0 bridgehead atoms. The first-order chi connectivity index (χ1) is 9.11. The predicted octanol–water partition coefficient (Wildman–Crippen LogP) is 1.22. The van der Waals surface area contributed by atoms with Crippen LogP contribution in [-0.2, 0) is 4.79 Å². The topological polar surface area (TPSA) is 44.4 Å². The molecule has 0 saturated carbocycles. The predicted molar refractivity (Wildman–Crippen MR) is 78.6 cm³/mol. The third-order valence-corrected chi connectivity index (χ3v) is 3.64. The summed E-state index contributed by atoms with van der Waals surface area (Å²) in [5.41, 5.74) is 3.69. The van der Waals surface area contributed by atoms with Crippen molar-refractivity contribution in [2.45, 2.75) is 26.3 Å². The summed E-state index contributed by atoms with van der Waals surface area (Å²) in [6.45, 7) is 6.49. The van der Waals surface area contributed by atoms with Crippen molar-refractivity contribution in [1.82, 2.24) is 10.6 Å². The molecule has 1 heterocycles. The summed E-state index contributed by atoms with van der Waals surface area (Å²) in [7, 11) is 1.94. The average molecular weight is 261 g/mol. The lowest BCUT2D eigenvalue weighted by Crippen LogP contribution is -2.55. The van der Waals surface area contributed by atoms with E-state index in [9.17, 15) is 4.79 Å². The molecule has 1 fully saturated rings. The highest BCUT2D eigenvalue weighted by Crippen LogP contribution is 2.25. The van der Waals surface area contributed by atoms with Crippen LogP contribution in [0.15, 0.2) is 18.2 Å². The number of anilines is 1. The summed E-state index contributed by atoms with van der Waals surface area (Å²) in [4.78, 5) is 14.1. The van der Waals surface area contributed by atoms with Crippen molar-refractivity contribution in [3.05, 3.63) is 29.3 Å². The van der Waals surface area contributed by atoms with Crippen LogP contribution in [0.1, 0.15) is 17.5 Å². The number of piperazine rings is 1. The summed E-state index contributed by atoms with van der Waals surface area (Å²) in [5.74, 6) is 0.120. The van der Waals surface area contributed by atoms with E-state index in [4.69, 9.17) is 0 Å². The maximum atomic E-state index is 11.9. The van der Waals surface area contributed by atoms with E-state index in [0.717, 1.165) is 19.5 Å². The second-order valence-electron chi connectivity index (χ2n) is 5.28. The van der Waals surface area contributed by atoms with Crippen molar-refractivity contribution < 1.29 is 4.79 Å². The van der Waals surface area contributed by atoms with Gasteiger partial charge in [-0.2, -0.15) is 0 Å². The van der Waals surface area contributed by atoms with Gasteiger partial charge in [0.25, 0.3) is 0 Å². The molecule has 104 valence electrons. The maximum Gasteiger partial charge on any atom is 0.239 e. The highest BCUT2D eigenvalue weighted by atomic mass is 16.2. The van der Waals surface area contributed by atoms with Gasteiger partial charge in [-0.3, -0.25) is 4.79 Å². The Morgan fingerprint density at radius 3 is 2.68 bits per heavy atom. The van der Waals surface area contributed by atoms with Gasteiger partial charge < -0.3 is 15.5 Å². The van der Waals surface area contributed by atoms with Gasteiger partial charge in [0.15, 0.2) is 0 Å². The molecule has 1 aromatic carbocycles. The van der Waals surface area contributed by atoms with Crippen molar-refractivity contribution in [1.29, 1.82) is 0 Å². The number of hydrogen-bond donors (Lipinski definition) is 2. The summed E-state index contributed by atoms with van der Waals surface area (Å²) in [6.07, 6.45) is 0.962. The summed E-state index contributed by atoms with van der Waals surface area (Å²) in [5, 5.41) is 6.21. The van der Waals surface area contributed by atoms with Crippen molar-refractivity contribution in [3.63, 3.8) is 0 Å². The van der Waals surface area contributed by atoms with E-state index in [1.54, 1.807) is 0 Å². The van der Waals surface area contributed by atoms with Crippen LogP contribution in [0.5, 0.6) is 0 Å². The summed E-state index contributed by atoms with van der Waals surface area (Å²) >= 11 is 0. The standard InChI is InChI=1S/C15H23N3O/c1-11-5-4-6-12(2)15(11)18-9-13(7-8-16-3)17-14(19)10-18/h4-6,13,16H,7-10H2,1-3H3,(H,17,19). The molecule has 0 spiro atoms. The van der Waals surface area contributed by atoms with Crippen LogP contribution >= 0.6 is 0 Å². The number of nitrogens with zero attached hydrogens (tertiary/aromatic N) is 1. The maximum absolute atomic E-state index is 11.9. The average Bonchev–Trinajstić information content (AvgIpc) is 2.35. The van der Waals surface area contributed by atoms with Gasteiger partial charge >= 0.3 is 0 Å². The molecular weight excluding hydrogens is 238 g/mol. The Hall–Kier alpha value is -1.55. The van der Waals surface area contributed by atoms with Gasteiger partial charge in [-0.25, -0.2) is 0 Å². The number of hydrogen-bond acceptors (Lipinski definition) is 3. The van der Waals surface area contributed by atoms with Gasteiger partial charge in [-0.1, -0.05) is 18.2 Å². The molecule has 0 radical (unpaired) electrons. The number of amides is 1. The molecule has 0 aliphatic carbocycles. The molecule has 1 aliphatic rings. The third kappa shape index (κ3) is 3.26. The molecule has 1 amide bonds. The zero-order valence-corrected chi connectivity index (χ0v) is 12.0. The third-order valence-electron chi connectivity index (χ3n) is 3.64. The lowest BCUT2D eigenvalue weighted by molar-refractivity contribution is -0.121. The Labute approximate surface area is 115 Å². The quantitative estimate of drug-likeness (QED) is 0.856. The van der Waals surface area contributed by atoms with Crippen LogP contribution in [0.25, 0.3) is 0 Å². The first-order valence-electron chi connectivity index (χ1n) is 6.87. The van der Waals surface area contributed by atoms with Crippen molar-refractivity contribution in [3.8, 4) is 0 Å². The summed E-state index contributed by atoms with van der Waals surface area (Å²) in [6, 6.07) is 6.51. The van der Waals surface area contributed by atoms with Crippen LogP contribution in [0.3, 0.4) is 0 Å². The van der Waals surface area contributed by atoms with E-state index >= 15 is 0 Å². The molecule has 0 aromatic heterocycles. The number of rotatable bonds is 4. The fourth-order valence-electron chi connectivity index (χ4n) is 2.78. The highest BCUT2D eigenvalue weighted by molar-refractivity contribution is 5.83. The molecule has 1 unspecified atom stereocenters.